The van der Waals surface area contributed by atoms with Gasteiger partial charge in [0.05, 0.1) is 17.2 Å². The van der Waals surface area contributed by atoms with Crippen molar-refractivity contribution in [2.75, 3.05) is 5.43 Å². The van der Waals surface area contributed by atoms with E-state index in [0.29, 0.717) is 5.82 Å². The Morgan fingerprint density at radius 1 is 1.10 bits per heavy atom. The fourth-order valence-electron chi connectivity index (χ4n) is 2.74. The molecule has 3 N–H and O–H groups in total. The number of aromatic nitrogens is 4. The summed E-state index contributed by atoms with van der Waals surface area (Å²) < 4.78 is 29.2. The summed E-state index contributed by atoms with van der Waals surface area (Å²) in [6.45, 7) is 0. The number of nitriles is 1. The van der Waals surface area contributed by atoms with E-state index in [-0.39, 0.29) is 22.7 Å². The number of rotatable bonds is 5. The molecule has 0 spiro atoms. The second kappa shape index (κ2) is 7.19. The standard InChI is InChI=1S/C18H13N7O3S/c19-9-14-18(12-5-1-4-8-16(12)28-29(20,26)27)23-17(10-21-14)24-25-11-22-13-6-2-3-7-15(13)25/h1-8,10-11H,(H,23,24)(H2,20,26,27). The van der Waals surface area contributed by atoms with Crippen molar-refractivity contribution in [2.45, 2.75) is 0 Å². The van der Waals surface area contributed by atoms with Gasteiger partial charge in [-0.1, -0.05) is 24.3 Å². The van der Waals surface area contributed by atoms with Gasteiger partial charge in [0, 0.05) is 5.56 Å². The van der Waals surface area contributed by atoms with Gasteiger partial charge in [-0.2, -0.15) is 18.8 Å². The Bertz CT molecular complexity index is 1360. The lowest BCUT2D eigenvalue weighted by Gasteiger charge is -2.12. The summed E-state index contributed by atoms with van der Waals surface area (Å²) in [6, 6.07) is 15.6. The summed E-state index contributed by atoms with van der Waals surface area (Å²) in [7, 11) is -4.26. The van der Waals surface area contributed by atoms with Gasteiger partial charge in [0.1, 0.15) is 18.1 Å². The zero-order valence-electron chi connectivity index (χ0n) is 14.7. The Morgan fingerprint density at radius 2 is 1.86 bits per heavy atom. The highest BCUT2D eigenvalue weighted by Crippen LogP contribution is 2.31. The lowest BCUT2D eigenvalue weighted by Crippen LogP contribution is -2.19. The van der Waals surface area contributed by atoms with E-state index >= 15 is 0 Å². The number of nitrogens with two attached hydrogens (primary N) is 1. The van der Waals surface area contributed by atoms with Gasteiger partial charge < -0.3 is 4.18 Å². The van der Waals surface area contributed by atoms with Gasteiger partial charge in [-0.25, -0.2) is 19.6 Å². The van der Waals surface area contributed by atoms with Crippen LogP contribution in [0.3, 0.4) is 0 Å². The minimum absolute atomic E-state index is 0.00323. The predicted octanol–water partition coefficient (Wildman–Crippen LogP) is 1.82. The number of anilines is 1. The smallest absolute Gasteiger partial charge is 0.370 e. The molecule has 0 radical (unpaired) electrons. The largest absolute Gasteiger partial charge is 0.380 e. The van der Waals surface area contributed by atoms with Crippen molar-refractivity contribution in [3.63, 3.8) is 0 Å². The van der Waals surface area contributed by atoms with E-state index in [1.807, 2.05) is 30.3 Å². The van der Waals surface area contributed by atoms with E-state index in [2.05, 4.69) is 20.4 Å². The average Bonchev–Trinajstić information content (AvgIpc) is 3.10. The highest BCUT2D eigenvalue weighted by Gasteiger charge is 2.17. The number of para-hydroxylation sites is 3. The molecule has 0 atom stereocenters. The monoisotopic (exact) mass is 407 g/mol. The molecule has 144 valence electrons. The molecule has 0 fully saturated rings. The van der Waals surface area contributed by atoms with Gasteiger partial charge in [-0.3, -0.25) is 5.43 Å². The normalized spacial score (nSPS) is 11.2. The first kappa shape index (κ1) is 18.4. The van der Waals surface area contributed by atoms with Gasteiger partial charge in [0.25, 0.3) is 0 Å². The summed E-state index contributed by atoms with van der Waals surface area (Å²) in [5, 5.41) is 14.4. The Morgan fingerprint density at radius 3 is 2.66 bits per heavy atom. The van der Waals surface area contributed by atoms with E-state index in [1.165, 1.54) is 12.3 Å². The van der Waals surface area contributed by atoms with Gasteiger partial charge in [-0.05, 0) is 24.3 Å². The number of imidazole rings is 1. The maximum absolute atomic E-state index is 11.4. The molecular weight excluding hydrogens is 394 g/mol. The van der Waals surface area contributed by atoms with Crippen LogP contribution >= 0.6 is 0 Å². The first-order valence-electron chi connectivity index (χ1n) is 8.22. The summed E-state index contributed by atoms with van der Waals surface area (Å²) >= 11 is 0. The minimum Gasteiger partial charge on any atom is -0.370 e. The zero-order chi connectivity index (χ0) is 20.4. The van der Waals surface area contributed by atoms with Crippen molar-refractivity contribution < 1.29 is 12.6 Å². The van der Waals surface area contributed by atoms with E-state index in [9.17, 15) is 13.7 Å². The van der Waals surface area contributed by atoms with Crippen LogP contribution in [0, 0.1) is 11.3 Å². The summed E-state index contributed by atoms with van der Waals surface area (Å²) in [5.41, 5.74) is 5.04. The SMILES string of the molecule is N#Cc1ncc(Nn2cnc3ccccc32)nc1-c1ccccc1OS(N)(=O)=O. The number of hydrogen-bond donors (Lipinski definition) is 2. The fourth-order valence-corrected chi connectivity index (χ4v) is 3.14. The predicted molar refractivity (Wildman–Crippen MR) is 105 cm³/mol. The number of benzene rings is 2. The highest BCUT2D eigenvalue weighted by atomic mass is 32.2. The van der Waals surface area contributed by atoms with Crippen molar-refractivity contribution in [3.8, 4) is 23.1 Å². The number of fused-ring (bicyclic) bond motifs is 1. The van der Waals surface area contributed by atoms with Crippen LogP contribution in [0.5, 0.6) is 5.75 Å². The van der Waals surface area contributed by atoms with Crippen LogP contribution in [-0.2, 0) is 10.3 Å². The lowest BCUT2D eigenvalue weighted by atomic mass is 10.1. The van der Waals surface area contributed by atoms with Crippen molar-refractivity contribution >= 4 is 27.2 Å². The molecule has 0 aliphatic heterocycles. The average molecular weight is 407 g/mol. The van der Waals surface area contributed by atoms with Crippen LogP contribution in [-0.4, -0.2) is 28.0 Å². The van der Waals surface area contributed by atoms with Crippen LogP contribution in [0.15, 0.2) is 61.1 Å². The molecule has 2 heterocycles. The molecule has 0 aliphatic carbocycles. The third kappa shape index (κ3) is 3.84. The van der Waals surface area contributed by atoms with Crippen LogP contribution in [0.25, 0.3) is 22.3 Å². The van der Waals surface area contributed by atoms with E-state index < -0.39 is 10.3 Å². The second-order valence-corrected chi connectivity index (χ2v) is 7.00. The Kier molecular flexibility index (Phi) is 4.55. The molecule has 11 heteroatoms. The maximum Gasteiger partial charge on any atom is 0.380 e. The van der Waals surface area contributed by atoms with Gasteiger partial charge >= 0.3 is 10.3 Å². The number of hydrogen-bond acceptors (Lipinski definition) is 8. The molecule has 0 saturated carbocycles. The molecule has 2 aromatic heterocycles. The first-order chi connectivity index (χ1) is 13.9. The van der Waals surface area contributed by atoms with E-state index in [1.54, 1.807) is 29.2 Å². The molecule has 0 amide bonds. The zero-order valence-corrected chi connectivity index (χ0v) is 15.5. The molecular formula is C18H13N7O3S. The summed E-state index contributed by atoms with van der Waals surface area (Å²) in [6.07, 6.45) is 2.97. The molecule has 0 aliphatic rings. The molecule has 10 nitrogen and oxygen atoms in total. The quantitative estimate of drug-likeness (QED) is 0.509. The molecule has 2 aromatic carbocycles. The van der Waals surface area contributed by atoms with Crippen molar-refractivity contribution in [1.29, 1.82) is 5.26 Å². The molecule has 0 unspecified atom stereocenters. The molecule has 0 bridgehead atoms. The molecule has 4 rings (SSSR count). The third-order valence-electron chi connectivity index (χ3n) is 3.92. The second-order valence-electron chi connectivity index (χ2n) is 5.85. The van der Waals surface area contributed by atoms with Crippen LogP contribution in [0.2, 0.25) is 0 Å². The number of nitrogens with one attached hydrogen (secondary N) is 1. The van der Waals surface area contributed by atoms with Crippen LogP contribution in [0.1, 0.15) is 5.69 Å². The maximum atomic E-state index is 11.4. The van der Waals surface area contributed by atoms with Gasteiger partial charge in [0.15, 0.2) is 17.3 Å². The fraction of sp³-hybridized carbons (Fsp3) is 0. The molecule has 0 saturated heterocycles. The van der Waals surface area contributed by atoms with Crippen molar-refractivity contribution in [2.24, 2.45) is 5.14 Å². The van der Waals surface area contributed by atoms with E-state index in [0.717, 1.165) is 11.0 Å². The summed E-state index contributed by atoms with van der Waals surface area (Å²) in [5.74, 6) is 0.249. The number of nitrogens with zero attached hydrogens (tertiary/aromatic N) is 5. The summed E-state index contributed by atoms with van der Waals surface area (Å²) in [4.78, 5) is 12.8. The Hall–Kier alpha value is -4.01. The Balaban J connectivity index is 1.79. The van der Waals surface area contributed by atoms with Crippen LogP contribution < -0.4 is 14.7 Å². The lowest BCUT2D eigenvalue weighted by molar-refractivity contribution is 0.488. The minimum atomic E-state index is -4.26. The van der Waals surface area contributed by atoms with E-state index in [4.69, 9.17) is 9.32 Å². The highest BCUT2D eigenvalue weighted by molar-refractivity contribution is 7.84. The van der Waals surface area contributed by atoms with Crippen LogP contribution in [0.4, 0.5) is 5.82 Å². The topological polar surface area (TPSA) is 149 Å². The Labute approximate surface area is 165 Å². The van der Waals surface area contributed by atoms with Crippen molar-refractivity contribution in [3.05, 3.63) is 66.7 Å². The molecule has 4 aromatic rings. The third-order valence-corrected chi connectivity index (χ3v) is 4.33. The molecule has 29 heavy (non-hydrogen) atoms. The van der Waals surface area contributed by atoms with Crippen molar-refractivity contribution in [1.82, 2.24) is 19.6 Å². The first-order valence-corrected chi connectivity index (χ1v) is 9.69. The van der Waals surface area contributed by atoms with Gasteiger partial charge in [-0.15, -0.1) is 0 Å². The van der Waals surface area contributed by atoms with Gasteiger partial charge in [0.2, 0.25) is 0 Å².